The Labute approximate surface area is 133 Å². The quantitative estimate of drug-likeness (QED) is 0.774. The average Bonchev–Trinajstić information content (AvgIpc) is 2.56. The van der Waals surface area contributed by atoms with Crippen molar-refractivity contribution in [2.75, 3.05) is 13.1 Å². The molecule has 2 aliphatic rings. The van der Waals surface area contributed by atoms with Crippen molar-refractivity contribution in [2.24, 2.45) is 0 Å². The third kappa shape index (κ3) is 3.81. The zero-order valence-corrected chi connectivity index (χ0v) is 14.1. The molecular weight excluding hydrogens is 276 g/mol. The maximum absolute atomic E-state index is 4.75. The number of hydrogen-bond donors (Lipinski definition) is 0. The highest BCUT2D eigenvalue weighted by molar-refractivity contribution is 7.99. The minimum Gasteiger partial charge on any atom is -0.297 e. The Morgan fingerprint density at radius 3 is 2.76 bits per heavy atom. The van der Waals surface area contributed by atoms with Gasteiger partial charge < -0.3 is 0 Å². The number of hydrogen-bond acceptors (Lipinski definition) is 3. The zero-order valence-electron chi connectivity index (χ0n) is 13.3. The van der Waals surface area contributed by atoms with Gasteiger partial charge in [0.1, 0.15) is 5.03 Å². The van der Waals surface area contributed by atoms with Gasteiger partial charge in [-0.25, -0.2) is 4.98 Å². The molecule has 116 valence electrons. The number of thioether (sulfide) groups is 1. The summed E-state index contributed by atoms with van der Waals surface area (Å²) in [5.41, 5.74) is 1.50. The number of pyridine rings is 1. The van der Waals surface area contributed by atoms with Gasteiger partial charge in [-0.1, -0.05) is 38.7 Å². The fraction of sp³-hybridized carbons (Fsp3) is 0.722. The summed E-state index contributed by atoms with van der Waals surface area (Å²) in [6, 6.07) is 5.06. The molecular formula is C18H28N2S. The molecule has 0 bridgehead atoms. The zero-order chi connectivity index (χ0) is 14.5. The van der Waals surface area contributed by atoms with Gasteiger partial charge in [0.2, 0.25) is 0 Å². The van der Waals surface area contributed by atoms with Crippen molar-refractivity contribution in [2.45, 2.75) is 74.6 Å². The maximum Gasteiger partial charge on any atom is 0.101 e. The molecule has 1 aliphatic heterocycles. The van der Waals surface area contributed by atoms with Crippen LogP contribution in [0, 0.1) is 0 Å². The van der Waals surface area contributed by atoms with Crippen LogP contribution in [0.2, 0.25) is 0 Å². The van der Waals surface area contributed by atoms with Gasteiger partial charge in [-0.15, -0.1) is 11.8 Å². The molecule has 0 spiro atoms. The summed E-state index contributed by atoms with van der Waals surface area (Å²) in [6.45, 7) is 4.71. The fourth-order valence-corrected chi connectivity index (χ4v) is 5.16. The Balaban J connectivity index is 1.77. The molecule has 1 aliphatic carbocycles. The Kier molecular flexibility index (Phi) is 5.59. The van der Waals surface area contributed by atoms with Crippen molar-refractivity contribution in [3.63, 3.8) is 0 Å². The lowest BCUT2D eigenvalue weighted by atomic mass is 9.96. The van der Waals surface area contributed by atoms with E-state index in [0.29, 0.717) is 6.04 Å². The van der Waals surface area contributed by atoms with Gasteiger partial charge in [0.05, 0.1) is 0 Å². The second-order valence-electron chi connectivity index (χ2n) is 6.42. The van der Waals surface area contributed by atoms with Crippen molar-refractivity contribution in [1.29, 1.82) is 0 Å². The second kappa shape index (κ2) is 7.64. The fourth-order valence-electron chi connectivity index (χ4n) is 3.82. The third-order valence-electron chi connectivity index (χ3n) is 5.01. The minimum atomic E-state index is 0.601. The predicted molar refractivity (Wildman–Crippen MR) is 90.8 cm³/mol. The molecule has 0 amide bonds. The molecule has 3 heteroatoms. The Bertz CT molecular complexity index is 443. The molecule has 1 saturated heterocycles. The van der Waals surface area contributed by atoms with E-state index in [1.807, 2.05) is 6.20 Å². The van der Waals surface area contributed by atoms with E-state index >= 15 is 0 Å². The Hall–Kier alpha value is -0.540. The SMILES string of the molecule is CCN1CCCC[C@H]1c1cccnc1SC1CCCCC1. The van der Waals surface area contributed by atoms with Crippen LogP contribution in [0.15, 0.2) is 23.4 Å². The molecule has 0 unspecified atom stereocenters. The molecule has 2 nitrogen and oxygen atoms in total. The standard InChI is InChI=1S/C18H28N2S/c1-2-20-14-7-6-12-17(20)16-11-8-13-19-18(16)21-15-9-4-3-5-10-15/h8,11,13,15,17H,2-7,9-10,12,14H2,1H3/t17-/m0/s1. The molecule has 1 aromatic heterocycles. The Morgan fingerprint density at radius 2 is 1.95 bits per heavy atom. The van der Waals surface area contributed by atoms with Gasteiger partial charge in [0.15, 0.2) is 0 Å². The monoisotopic (exact) mass is 304 g/mol. The summed E-state index contributed by atoms with van der Waals surface area (Å²) in [6.07, 6.45) is 13.0. The van der Waals surface area contributed by atoms with E-state index in [1.54, 1.807) is 0 Å². The summed E-state index contributed by atoms with van der Waals surface area (Å²) in [7, 11) is 0. The molecule has 3 rings (SSSR count). The van der Waals surface area contributed by atoms with Crippen LogP contribution in [-0.2, 0) is 0 Å². The van der Waals surface area contributed by atoms with E-state index in [9.17, 15) is 0 Å². The smallest absolute Gasteiger partial charge is 0.101 e. The van der Waals surface area contributed by atoms with Crippen molar-refractivity contribution < 1.29 is 0 Å². The molecule has 1 aromatic rings. The number of likely N-dealkylation sites (tertiary alicyclic amines) is 1. The van der Waals surface area contributed by atoms with Crippen LogP contribution in [0.1, 0.15) is 69.9 Å². The maximum atomic E-state index is 4.75. The van der Waals surface area contributed by atoms with E-state index in [2.05, 4.69) is 35.7 Å². The normalized spacial score (nSPS) is 25.1. The first kappa shape index (κ1) is 15.4. The van der Waals surface area contributed by atoms with Gasteiger partial charge in [0, 0.05) is 23.1 Å². The van der Waals surface area contributed by atoms with Crippen LogP contribution < -0.4 is 0 Å². The van der Waals surface area contributed by atoms with Crippen molar-refractivity contribution >= 4 is 11.8 Å². The summed E-state index contributed by atoms with van der Waals surface area (Å²) >= 11 is 2.06. The first-order chi connectivity index (χ1) is 10.4. The summed E-state index contributed by atoms with van der Waals surface area (Å²) in [5.74, 6) is 0. The lowest BCUT2D eigenvalue weighted by molar-refractivity contribution is 0.154. The summed E-state index contributed by atoms with van der Waals surface area (Å²) in [4.78, 5) is 7.40. The molecule has 0 N–H and O–H groups in total. The average molecular weight is 305 g/mol. The number of aromatic nitrogens is 1. The highest BCUT2D eigenvalue weighted by atomic mass is 32.2. The van der Waals surface area contributed by atoms with Crippen LogP contribution in [0.4, 0.5) is 0 Å². The van der Waals surface area contributed by atoms with Crippen molar-refractivity contribution in [3.05, 3.63) is 23.9 Å². The Morgan fingerprint density at radius 1 is 1.14 bits per heavy atom. The van der Waals surface area contributed by atoms with Crippen molar-refractivity contribution in [3.8, 4) is 0 Å². The number of piperidine rings is 1. The van der Waals surface area contributed by atoms with E-state index < -0.39 is 0 Å². The number of rotatable bonds is 4. The van der Waals surface area contributed by atoms with E-state index in [1.165, 1.54) is 68.5 Å². The van der Waals surface area contributed by atoms with E-state index in [4.69, 9.17) is 4.98 Å². The molecule has 0 radical (unpaired) electrons. The first-order valence-corrected chi connectivity index (χ1v) is 9.62. The topological polar surface area (TPSA) is 16.1 Å². The van der Waals surface area contributed by atoms with Crippen LogP contribution >= 0.6 is 11.8 Å². The van der Waals surface area contributed by atoms with Gasteiger partial charge in [-0.2, -0.15) is 0 Å². The summed E-state index contributed by atoms with van der Waals surface area (Å²) < 4.78 is 0. The second-order valence-corrected chi connectivity index (χ2v) is 7.70. The van der Waals surface area contributed by atoms with Gasteiger partial charge in [-0.05, 0) is 44.8 Å². The van der Waals surface area contributed by atoms with Gasteiger partial charge in [-0.3, -0.25) is 4.90 Å². The van der Waals surface area contributed by atoms with E-state index in [0.717, 1.165) is 11.8 Å². The number of nitrogens with zero attached hydrogens (tertiary/aromatic N) is 2. The highest BCUT2D eigenvalue weighted by Gasteiger charge is 2.26. The molecule has 21 heavy (non-hydrogen) atoms. The minimum absolute atomic E-state index is 0.601. The molecule has 1 saturated carbocycles. The third-order valence-corrected chi connectivity index (χ3v) is 6.38. The molecule has 0 aromatic carbocycles. The van der Waals surface area contributed by atoms with Crippen LogP contribution in [0.5, 0.6) is 0 Å². The van der Waals surface area contributed by atoms with Crippen LogP contribution in [0.3, 0.4) is 0 Å². The lowest BCUT2D eigenvalue weighted by Crippen LogP contribution is -2.33. The highest BCUT2D eigenvalue weighted by Crippen LogP contribution is 2.39. The van der Waals surface area contributed by atoms with Crippen LogP contribution in [-0.4, -0.2) is 28.2 Å². The summed E-state index contributed by atoms with van der Waals surface area (Å²) in [5, 5.41) is 2.11. The van der Waals surface area contributed by atoms with Gasteiger partial charge >= 0.3 is 0 Å². The molecule has 2 heterocycles. The van der Waals surface area contributed by atoms with Crippen LogP contribution in [0.25, 0.3) is 0 Å². The lowest BCUT2D eigenvalue weighted by Gasteiger charge is -2.36. The van der Waals surface area contributed by atoms with E-state index in [-0.39, 0.29) is 0 Å². The van der Waals surface area contributed by atoms with Gasteiger partial charge in [0.25, 0.3) is 0 Å². The first-order valence-electron chi connectivity index (χ1n) is 8.74. The predicted octanol–water partition coefficient (Wildman–Crippen LogP) is 5.05. The molecule has 1 atom stereocenters. The van der Waals surface area contributed by atoms with Crippen molar-refractivity contribution in [1.82, 2.24) is 9.88 Å². The molecule has 2 fully saturated rings. The largest absolute Gasteiger partial charge is 0.297 e.